The first kappa shape index (κ1) is 21.8. The SMILES string of the molecule is O=C1CCC(N2Cc3c(NC=C4C(=O)CC(c5ccccc5)CC4=O)cccc3C2=O)C(=O)N1. The van der Waals surface area contributed by atoms with E-state index in [1.54, 1.807) is 18.2 Å². The predicted molar refractivity (Wildman–Crippen MR) is 123 cm³/mol. The number of hydrogen-bond acceptors (Lipinski definition) is 6. The molecule has 0 spiro atoms. The molecule has 2 aromatic rings. The van der Waals surface area contributed by atoms with Gasteiger partial charge in [0, 0.05) is 48.8 Å². The summed E-state index contributed by atoms with van der Waals surface area (Å²) in [7, 11) is 0. The molecule has 0 aromatic heterocycles. The molecular weight excluding hydrogens is 434 g/mol. The largest absolute Gasteiger partial charge is 0.361 e. The Hall–Kier alpha value is -4.07. The number of Topliss-reactive ketones (excluding diaryl/α,β-unsaturated/α-hetero) is 2. The molecule has 172 valence electrons. The first-order chi connectivity index (χ1) is 16.4. The van der Waals surface area contributed by atoms with Gasteiger partial charge in [-0.25, -0.2) is 0 Å². The molecule has 0 bridgehead atoms. The number of nitrogens with zero attached hydrogens (tertiary/aromatic N) is 1. The maximum absolute atomic E-state index is 13.0. The lowest BCUT2D eigenvalue weighted by atomic mass is 9.80. The summed E-state index contributed by atoms with van der Waals surface area (Å²) >= 11 is 0. The first-order valence-corrected chi connectivity index (χ1v) is 11.3. The molecule has 2 heterocycles. The number of fused-ring (bicyclic) bond motifs is 1. The van der Waals surface area contributed by atoms with Crippen molar-refractivity contribution >= 4 is 35.0 Å². The smallest absolute Gasteiger partial charge is 0.255 e. The Balaban J connectivity index is 1.33. The Bertz CT molecular complexity index is 1230. The Morgan fingerprint density at radius 2 is 1.65 bits per heavy atom. The van der Waals surface area contributed by atoms with Gasteiger partial charge < -0.3 is 10.2 Å². The molecule has 8 nitrogen and oxygen atoms in total. The number of imide groups is 1. The van der Waals surface area contributed by atoms with Crippen molar-refractivity contribution < 1.29 is 24.0 Å². The van der Waals surface area contributed by atoms with E-state index in [1.807, 2.05) is 30.3 Å². The molecule has 3 aliphatic rings. The molecule has 1 atom stereocenters. The van der Waals surface area contributed by atoms with Crippen molar-refractivity contribution in [1.82, 2.24) is 10.2 Å². The van der Waals surface area contributed by atoms with E-state index >= 15 is 0 Å². The zero-order valence-corrected chi connectivity index (χ0v) is 18.4. The van der Waals surface area contributed by atoms with Crippen LogP contribution in [0.1, 0.15) is 53.1 Å². The van der Waals surface area contributed by atoms with Crippen molar-refractivity contribution in [3.8, 4) is 0 Å². The van der Waals surface area contributed by atoms with Crippen molar-refractivity contribution in [1.29, 1.82) is 0 Å². The number of allylic oxidation sites excluding steroid dienone is 1. The molecular formula is C26H23N3O5. The number of carbonyl (C=O) groups is 5. The zero-order valence-electron chi connectivity index (χ0n) is 18.4. The number of benzene rings is 2. The summed E-state index contributed by atoms with van der Waals surface area (Å²) in [6, 6.07) is 14.0. The molecule has 5 rings (SSSR count). The molecule has 1 saturated carbocycles. The second-order valence-corrected chi connectivity index (χ2v) is 8.80. The number of carbonyl (C=O) groups excluding carboxylic acids is 5. The summed E-state index contributed by atoms with van der Waals surface area (Å²) in [6.45, 7) is 0.199. The van der Waals surface area contributed by atoms with Gasteiger partial charge in [-0.1, -0.05) is 36.4 Å². The average molecular weight is 457 g/mol. The van der Waals surface area contributed by atoms with Gasteiger partial charge in [-0.15, -0.1) is 0 Å². The molecule has 1 aliphatic carbocycles. The highest BCUT2D eigenvalue weighted by atomic mass is 16.2. The van der Waals surface area contributed by atoms with E-state index in [2.05, 4.69) is 10.6 Å². The van der Waals surface area contributed by atoms with Crippen LogP contribution >= 0.6 is 0 Å². The van der Waals surface area contributed by atoms with Crippen molar-refractivity contribution in [2.45, 2.75) is 44.2 Å². The van der Waals surface area contributed by atoms with Gasteiger partial charge in [-0.05, 0) is 30.0 Å². The fourth-order valence-corrected chi connectivity index (χ4v) is 4.89. The van der Waals surface area contributed by atoms with Gasteiger partial charge in [0.15, 0.2) is 11.6 Å². The zero-order chi connectivity index (χ0) is 23.8. The van der Waals surface area contributed by atoms with Crippen LogP contribution in [-0.4, -0.2) is 40.2 Å². The molecule has 34 heavy (non-hydrogen) atoms. The van der Waals surface area contributed by atoms with Crippen LogP contribution < -0.4 is 10.6 Å². The van der Waals surface area contributed by atoms with Crippen LogP contribution in [0.5, 0.6) is 0 Å². The number of rotatable bonds is 4. The molecule has 2 N–H and O–H groups in total. The molecule has 2 aliphatic heterocycles. The summed E-state index contributed by atoms with van der Waals surface area (Å²) in [5, 5.41) is 5.34. The highest BCUT2D eigenvalue weighted by Crippen LogP contribution is 2.34. The number of amides is 3. The summed E-state index contributed by atoms with van der Waals surface area (Å²) in [5.41, 5.74) is 2.84. The molecule has 1 unspecified atom stereocenters. The van der Waals surface area contributed by atoms with Crippen LogP contribution in [0.25, 0.3) is 0 Å². The molecule has 8 heteroatoms. The number of anilines is 1. The lowest BCUT2D eigenvalue weighted by Crippen LogP contribution is -2.52. The average Bonchev–Trinajstić information content (AvgIpc) is 3.16. The molecule has 1 saturated heterocycles. The van der Waals surface area contributed by atoms with E-state index in [1.165, 1.54) is 11.1 Å². The lowest BCUT2D eigenvalue weighted by Gasteiger charge is -2.29. The van der Waals surface area contributed by atoms with E-state index < -0.39 is 11.9 Å². The predicted octanol–water partition coefficient (Wildman–Crippen LogP) is 2.46. The third-order valence-corrected chi connectivity index (χ3v) is 6.69. The lowest BCUT2D eigenvalue weighted by molar-refractivity contribution is -0.137. The van der Waals surface area contributed by atoms with Gasteiger partial charge in [0.1, 0.15) is 6.04 Å². The van der Waals surface area contributed by atoms with Gasteiger partial charge >= 0.3 is 0 Å². The Morgan fingerprint density at radius 3 is 2.35 bits per heavy atom. The van der Waals surface area contributed by atoms with Crippen LogP contribution in [0.3, 0.4) is 0 Å². The van der Waals surface area contributed by atoms with E-state index in [-0.39, 0.29) is 67.1 Å². The quantitative estimate of drug-likeness (QED) is 0.414. The number of nitrogens with one attached hydrogen (secondary N) is 2. The van der Waals surface area contributed by atoms with Gasteiger partial charge in [-0.2, -0.15) is 0 Å². The standard InChI is InChI=1S/C26H23N3O5/c30-22-11-16(15-5-2-1-3-6-15)12-23(31)18(22)13-27-20-8-4-7-17-19(20)14-29(26(17)34)21-9-10-24(32)28-25(21)33/h1-8,13,16,21,27H,9-12,14H2,(H,28,32,33). The summed E-state index contributed by atoms with van der Waals surface area (Å²) in [4.78, 5) is 63.7. The summed E-state index contributed by atoms with van der Waals surface area (Å²) in [6.07, 6.45) is 2.42. The van der Waals surface area contributed by atoms with Crippen LogP contribution in [0.2, 0.25) is 0 Å². The minimum absolute atomic E-state index is 0.121. The van der Waals surface area contributed by atoms with Crippen LogP contribution in [0, 0.1) is 0 Å². The van der Waals surface area contributed by atoms with E-state index in [0.717, 1.165) is 5.56 Å². The number of piperidine rings is 1. The second-order valence-electron chi connectivity index (χ2n) is 8.80. The van der Waals surface area contributed by atoms with Gasteiger partial charge in [-0.3, -0.25) is 29.3 Å². The Morgan fingerprint density at radius 1 is 0.912 bits per heavy atom. The normalized spacial score (nSPS) is 22.5. The highest BCUT2D eigenvalue weighted by Gasteiger charge is 2.40. The van der Waals surface area contributed by atoms with Gasteiger partial charge in [0.2, 0.25) is 11.8 Å². The Labute approximate surface area is 196 Å². The monoisotopic (exact) mass is 457 g/mol. The minimum atomic E-state index is -0.708. The minimum Gasteiger partial charge on any atom is -0.361 e. The molecule has 2 aromatic carbocycles. The van der Waals surface area contributed by atoms with Crippen molar-refractivity contribution in [2.75, 3.05) is 5.32 Å². The van der Waals surface area contributed by atoms with Gasteiger partial charge in [0.25, 0.3) is 5.91 Å². The third-order valence-electron chi connectivity index (χ3n) is 6.69. The highest BCUT2D eigenvalue weighted by molar-refractivity contribution is 6.22. The van der Waals surface area contributed by atoms with E-state index in [9.17, 15) is 24.0 Å². The van der Waals surface area contributed by atoms with E-state index in [0.29, 0.717) is 16.8 Å². The van der Waals surface area contributed by atoms with Crippen molar-refractivity contribution in [3.05, 3.63) is 77.0 Å². The number of hydrogen-bond donors (Lipinski definition) is 2. The maximum Gasteiger partial charge on any atom is 0.255 e. The second kappa shape index (κ2) is 8.70. The topological polar surface area (TPSA) is 113 Å². The first-order valence-electron chi connectivity index (χ1n) is 11.3. The maximum atomic E-state index is 13.0. The molecule has 3 amide bonds. The summed E-state index contributed by atoms with van der Waals surface area (Å²) in [5.74, 6) is -1.65. The van der Waals surface area contributed by atoms with E-state index in [4.69, 9.17) is 0 Å². The fraction of sp³-hybridized carbons (Fsp3) is 0.269. The van der Waals surface area contributed by atoms with Crippen LogP contribution in [-0.2, 0) is 25.7 Å². The van der Waals surface area contributed by atoms with Crippen LogP contribution in [0.4, 0.5) is 5.69 Å². The molecule has 2 fully saturated rings. The van der Waals surface area contributed by atoms with Crippen molar-refractivity contribution in [3.63, 3.8) is 0 Å². The summed E-state index contributed by atoms with van der Waals surface area (Å²) < 4.78 is 0. The third kappa shape index (κ3) is 3.91. The van der Waals surface area contributed by atoms with Crippen LogP contribution in [0.15, 0.2) is 60.3 Å². The Kier molecular flexibility index (Phi) is 5.57. The van der Waals surface area contributed by atoms with Gasteiger partial charge in [0.05, 0.1) is 5.57 Å². The number of ketones is 2. The molecule has 0 radical (unpaired) electrons. The van der Waals surface area contributed by atoms with Crippen molar-refractivity contribution in [2.24, 2.45) is 0 Å². The fourth-order valence-electron chi connectivity index (χ4n) is 4.89.